The number of amides is 1. The number of nitrogens with one attached hydrogen (secondary N) is 1. The van der Waals surface area contributed by atoms with Gasteiger partial charge >= 0.3 is 0 Å². The number of carbonyl (C=O) groups is 1. The molecule has 0 saturated carbocycles. The van der Waals surface area contributed by atoms with E-state index in [9.17, 15) is 4.79 Å². The molecule has 21 heavy (non-hydrogen) atoms. The monoisotopic (exact) mass is 289 g/mol. The molecule has 0 spiro atoms. The van der Waals surface area contributed by atoms with E-state index in [1.807, 2.05) is 4.90 Å². The van der Waals surface area contributed by atoms with Gasteiger partial charge in [0.25, 0.3) is 0 Å². The quantitative estimate of drug-likeness (QED) is 0.872. The van der Waals surface area contributed by atoms with E-state index in [1.165, 1.54) is 18.4 Å². The molecule has 1 saturated heterocycles. The molecule has 1 aromatic rings. The molecule has 0 aliphatic carbocycles. The fourth-order valence-electron chi connectivity index (χ4n) is 2.52. The molecule has 0 radical (unpaired) electrons. The Labute approximate surface area is 128 Å². The molecule has 1 heterocycles. The van der Waals surface area contributed by atoms with Crippen LogP contribution in [0.25, 0.3) is 0 Å². The van der Waals surface area contributed by atoms with Crippen molar-refractivity contribution >= 4 is 11.6 Å². The molecule has 0 aromatic heterocycles. The number of benzene rings is 1. The van der Waals surface area contributed by atoms with Gasteiger partial charge in [0.15, 0.2) is 0 Å². The number of anilines is 1. The van der Waals surface area contributed by atoms with Crippen molar-refractivity contribution in [2.75, 3.05) is 45.1 Å². The van der Waals surface area contributed by atoms with Crippen LogP contribution in [0.4, 0.5) is 5.69 Å². The highest BCUT2D eigenvalue weighted by molar-refractivity contribution is 5.81. The smallest absolute Gasteiger partial charge is 0.241 e. The predicted octanol–water partition coefficient (Wildman–Crippen LogP) is 2.22. The number of piperazine rings is 1. The van der Waals surface area contributed by atoms with Crippen molar-refractivity contribution in [2.45, 2.75) is 26.2 Å². The van der Waals surface area contributed by atoms with E-state index in [4.69, 9.17) is 0 Å². The number of likely N-dealkylation sites (N-methyl/N-ethyl adjacent to an activating group) is 1. The van der Waals surface area contributed by atoms with Crippen LogP contribution < -0.4 is 5.32 Å². The molecular weight excluding hydrogens is 262 g/mol. The Morgan fingerprint density at radius 2 is 1.81 bits per heavy atom. The maximum Gasteiger partial charge on any atom is 0.241 e. The molecule has 4 nitrogen and oxygen atoms in total. The Bertz CT molecular complexity index is 436. The minimum atomic E-state index is 0.193. The Morgan fingerprint density at radius 3 is 2.43 bits per heavy atom. The molecule has 1 aromatic carbocycles. The van der Waals surface area contributed by atoms with Gasteiger partial charge in [-0.25, -0.2) is 0 Å². The summed E-state index contributed by atoms with van der Waals surface area (Å²) < 4.78 is 0. The topological polar surface area (TPSA) is 35.6 Å². The van der Waals surface area contributed by atoms with Gasteiger partial charge in [-0.2, -0.15) is 0 Å². The zero-order valence-corrected chi connectivity index (χ0v) is 13.3. The molecule has 116 valence electrons. The summed E-state index contributed by atoms with van der Waals surface area (Å²) in [5.41, 5.74) is 2.39. The van der Waals surface area contributed by atoms with Crippen molar-refractivity contribution in [3.8, 4) is 0 Å². The number of carbonyl (C=O) groups excluding carboxylic acids is 1. The van der Waals surface area contributed by atoms with Crippen LogP contribution in [-0.2, 0) is 11.2 Å². The van der Waals surface area contributed by atoms with Crippen LogP contribution >= 0.6 is 0 Å². The lowest BCUT2D eigenvalue weighted by molar-refractivity contribution is -0.130. The zero-order chi connectivity index (χ0) is 15.1. The van der Waals surface area contributed by atoms with Crippen molar-refractivity contribution < 1.29 is 4.79 Å². The van der Waals surface area contributed by atoms with Crippen molar-refractivity contribution in [3.63, 3.8) is 0 Å². The number of rotatable bonds is 6. The Balaban J connectivity index is 1.75. The van der Waals surface area contributed by atoms with Crippen LogP contribution in [0.1, 0.15) is 25.3 Å². The third-order valence-corrected chi connectivity index (χ3v) is 4.07. The minimum Gasteiger partial charge on any atom is -0.376 e. The summed E-state index contributed by atoms with van der Waals surface area (Å²) in [6.07, 6.45) is 3.59. The van der Waals surface area contributed by atoms with E-state index in [2.05, 4.69) is 48.5 Å². The highest BCUT2D eigenvalue weighted by Crippen LogP contribution is 2.12. The molecule has 1 aliphatic rings. The maximum atomic E-state index is 12.1. The van der Waals surface area contributed by atoms with Gasteiger partial charge in [-0.3, -0.25) is 4.79 Å². The SMILES string of the molecule is CCCCc1ccc(NCC(=O)N2CCN(C)CC2)cc1. The van der Waals surface area contributed by atoms with Crippen molar-refractivity contribution in [1.82, 2.24) is 9.80 Å². The third-order valence-electron chi connectivity index (χ3n) is 4.07. The van der Waals surface area contributed by atoms with Gasteiger partial charge in [0.1, 0.15) is 0 Å². The third kappa shape index (κ3) is 5.05. The van der Waals surface area contributed by atoms with Crippen LogP contribution in [0.15, 0.2) is 24.3 Å². The van der Waals surface area contributed by atoms with Crippen molar-refractivity contribution in [3.05, 3.63) is 29.8 Å². The summed E-state index contributed by atoms with van der Waals surface area (Å²) in [4.78, 5) is 16.3. The van der Waals surface area contributed by atoms with Gasteiger partial charge in [-0.1, -0.05) is 25.5 Å². The van der Waals surface area contributed by atoms with E-state index in [1.54, 1.807) is 0 Å². The Hall–Kier alpha value is -1.55. The van der Waals surface area contributed by atoms with Gasteiger partial charge in [0.2, 0.25) is 5.91 Å². The second-order valence-corrected chi connectivity index (χ2v) is 5.84. The fraction of sp³-hybridized carbons (Fsp3) is 0.588. The normalized spacial score (nSPS) is 16.0. The van der Waals surface area contributed by atoms with E-state index in [-0.39, 0.29) is 5.91 Å². The van der Waals surface area contributed by atoms with Gasteiger partial charge in [0.05, 0.1) is 6.54 Å². The lowest BCUT2D eigenvalue weighted by Crippen LogP contribution is -2.48. The highest BCUT2D eigenvalue weighted by atomic mass is 16.2. The van der Waals surface area contributed by atoms with Crippen LogP contribution in [0.3, 0.4) is 0 Å². The molecule has 0 atom stereocenters. The average molecular weight is 289 g/mol. The van der Waals surface area contributed by atoms with E-state index >= 15 is 0 Å². The second-order valence-electron chi connectivity index (χ2n) is 5.84. The first-order chi connectivity index (χ1) is 10.2. The number of hydrogen-bond donors (Lipinski definition) is 1. The first-order valence-corrected chi connectivity index (χ1v) is 7.98. The van der Waals surface area contributed by atoms with Gasteiger partial charge < -0.3 is 15.1 Å². The summed E-state index contributed by atoms with van der Waals surface area (Å²) in [7, 11) is 2.10. The van der Waals surface area contributed by atoms with Crippen molar-refractivity contribution in [1.29, 1.82) is 0 Å². The van der Waals surface area contributed by atoms with Crippen molar-refractivity contribution in [2.24, 2.45) is 0 Å². The lowest BCUT2D eigenvalue weighted by atomic mass is 10.1. The molecule has 2 rings (SSSR count). The standard InChI is InChI=1S/C17H27N3O/c1-3-4-5-15-6-8-16(9-7-15)18-14-17(21)20-12-10-19(2)11-13-20/h6-9,18H,3-5,10-14H2,1-2H3. The molecular formula is C17H27N3O. The Kier molecular flexibility index (Phi) is 6.05. The Morgan fingerprint density at radius 1 is 1.14 bits per heavy atom. The lowest BCUT2D eigenvalue weighted by Gasteiger charge is -2.32. The molecule has 1 fully saturated rings. The number of hydrogen-bond acceptors (Lipinski definition) is 3. The summed E-state index contributed by atoms with van der Waals surface area (Å²) in [6.45, 7) is 6.22. The molecule has 1 amide bonds. The number of aryl methyl sites for hydroxylation is 1. The van der Waals surface area contributed by atoms with Crippen LogP contribution in [-0.4, -0.2) is 55.5 Å². The van der Waals surface area contributed by atoms with E-state index in [0.717, 1.165) is 38.3 Å². The molecule has 0 bridgehead atoms. The summed E-state index contributed by atoms with van der Waals surface area (Å²) in [6, 6.07) is 8.45. The van der Waals surface area contributed by atoms with Crippen LogP contribution in [0.5, 0.6) is 0 Å². The van der Waals surface area contributed by atoms with Gasteiger partial charge in [-0.15, -0.1) is 0 Å². The van der Waals surface area contributed by atoms with Crippen LogP contribution in [0, 0.1) is 0 Å². The average Bonchev–Trinajstić information content (AvgIpc) is 2.52. The van der Waals surface area contributed by atoms with Gasteiger partial charge in [0, 0.05) is 31.9 Å². The van der Waals surface area contributed by atoms with E-state index < -0.39 is 0 Å². The van der Waals surface area contributed by atoms with Crippen LogP contribution in [0.2, 0.25) is 0 Å². The molecule has 1 aliphatic heterocycles. The first-order valence-electron chi connectivity index (χ1n) is 7.98. The summed E-state index contributed by atoms with van der Waals surface area (Å²) in [5, 5.41) is 3.23. The minimum absolute atomic E-state index is 0.193. The highest BCUT2D eigenvalue weighted by Gasteiger charge is 2.18. The maximum absolute atomic E-state index is 12.1. The molecule has 1 N–H and O–H groups in total. The largest absolute Gasteiger partial charge is 0.376 e. The molecule has 0 unspecified atom stereocenters. The summed E-state index contributed by atoms with van der Waals surface area (Å²) in [5.74, 6) is 0.193. The molecule has 4 heteroatoms. The second kappa shape index (κ2) is 8.03. The van der Waals surface area contributed by atoms with E-state index in [0.29, 0.717) is 6.54 Å². The fourth-order valence-corrected chi connectivity index (χ4v) is 2.52. The number of unbranched alkanes of at least 4 members (excludes halogenated alkanes) is 1. The summed E-state index contributed by atoms with van der Waals surface area (Å²) >= 11 is 0. The van der Waals surface area contributed by atoms with Gasteiger partial charge in [-0.05, 0) is 37.6 Å². The predicted molar refractivity (Wildman–Crippen MR) is 87.6 cm³/mol. The first kappa shape index (κ1) is 15.8. The zero-order valence-electron chi connectivity index (χ0n) is 13.3. The number of nitrogens with zero attached hydrogens (tertiary/aromatic N) is 2.